The molecule has 180 valence electrons. The van der Waals surface area contributed by atoms with Gasteiger partial charge in [0.1, 0.15) is 23.0 Å². The van der Waals surface area contributed by atoms with Gasteiger partial charge in [0.25, 0.3) is 5.91 Å². The van der Waals surface area contributed by atoms with E-state index >= 15 is 0 Å². The molecule has 6 heteroatoms. The summed E-state index contributed by atoms with van der Waals surface area (Å²) in [6.45, 7) is 2.27. The molecule has 1 aliphatic rings. The van der Waals surface area contributed by atoms with Crippen LogP contribution in [-0.2, 0) is 6.54 Å². The molecule has 3 aromatic carbocycles. The number of fused-ring (bicyclic) bond motifs is 2. The number of nitrogens with zero attached hydrogens (tertiary/aromatic N) is 1. The van der Waals surface area contributed by atoms with Crippen molar-refractivity contribution >= 4 is 16.8 Å². The molecule has 0 bridgehead atoms. The maximum Gasteiger partial charge on any atom is 0.255 e. The smallest absolute Gasteiger partial charge is 0.255 e. The van der Waals surface area contributed by atoms with E-state index in [2.05, 4.69) is 17.1 Å². The van der Waals surface area contributed by atoms with Crippen LogP contribution in [0.1, 0.15) is 39.0 Å². The number of carbonyl (C=O) groups excluding carboxylic acids is 1. The van der Waals surface area contributed by atoms with Gasteiger partial charge in [-0.2, -0.15) is 0 Å². The van der Waals surface area contributed by atoms with Crippen LogP contribution in [0, 0.1) is 6.92 Å². The third-order valence-electron chi connectivity index (χ3n) is 6.88. The van der Waals surface area contributed by atoms with Gasteiger partial charge >= 0.3 is 0 Å². The highest BCUT2D eigenvalue weighted by Gasteiger charge is 2.40. The molecule has 5 aromatic rings. The number of hydrogen-bond acceptors (Lipinski definition) is 4. The van der Waals surface area contributed by atoms with Gasteiger partial charge in [-0.1, -0.05) is 36.4 Å². The number of benzene rings is 3. The van der Waals surface area contributed by atoms with Crippen LogP contribution in [0.25, 0.3) is 22.2 Å². The number of carbonyl (C=O) groups is 1. The first-order valence-electron chi connectivity index (χ1n) is 11.9. The van der Waals surface area contributed by atoms with Crippen LogP contribution < -0.4 is 9.47 Å². The topological polar surface area (TPSA) is 67.7 Å². The molecule has 6 rings (SSSR count). The third kappa shape index (κ3) is 3.45. The lowest BCUT2D eigenvalue weighted by Crippen LogP contribution is -2.28. The Balaban J connectivity index is 1.62. The summed E-state index contributed by atoms with van der Waals surface area (Å²) in [5.41, 5.74) is 5.44. The number of para-hydroxylation sites is 1. The van der Waals surface area contributed by atoms with Crippen molar-refractivity contribution in [2.24, 2.45) is 0 Å². The maximum atomic E-state index is 13.8. The molecule has 1 atom stereocenters. The highest BCUT2D eigenvalue weighted by Crippen LogP contribution is 2.48. The fraction of sp³-hybridized carbons (Fsp3) is 0.167. The third-order valence-corrected chi connectivity index (χ3v) is 6.88. The van der Waals surface area contributed by atoms with Gasteiger partial charge in [-0.05, 0) is 55.0 Å². The molecule has 36 heavy (non-hydrogen) atoms. The summed E-state index contributed by atoms with van der Waals surface area (Å²) in [6.07, 6.45) is 0. The van der Waals surface area contributed by atoms with Crippen molar-refractivity contribution in [1.82, 2.24) is 9.88 Å². The SMILES string of the molecule is COc1ccc(OC)c(-c2[nH]c3ccccc3c2C2c3ccccc3C(=O)N2Cc2ccc(C)o2)c1. The van der Waals surface area contributed by atoms with E-state index in [4.69, 9.17) is 13.9 Å². The summed E-state index contributed by atoms with van der Waals surface area (Å²) in [5.74, 6) is 2.99. The number of ether oxygens (including phenoxy) is 2. The predicted octanol–water partition coefficient (Wildman–Crippen LogP) is 6.50. The van der Waals surface area contributed by atoms with Crippen LogP contribution in [0.4, 0.5) is 0 Å². The van der Waals surface area contributed by atoms with Crippen LogP contribution in [0.15, 0.2) is 83.3 Å². The van der Waals surface area contributed by atoms with Crippen molar-refractivity contribution < 1.29 is 18.7 Å². The van der Waals surface area contributed by atoms with E-state index in [1.54, 1.807) is 14.2 Å². The average Bonchev–Trinajstić information content (AvgIpc) is 3.58. The second-order valence-corrected chi connectivity index (χ2v) is 8.96. The van der Waals surface area contributed by atoms with Crippen molar-refractivity contribution in [1.29, 1.82) is 0 Å². The molecule has 1 unspecified atom stereocenters. The van der Waals surface area contributed by atoms with Crippen LogP contribution in [-0.4, -0.2) is 30.0 Å². The van der Waals surface area contributed by atoms with Crippen molar-refractivity contribution in [3.8, 4) is 22.8 Å². The summed E-state index contributed by atoms with van der Waals surface area (Å²) in [4.78, 5) is 19.3. The van der Waals surface area contributed by atoms with Gasteiger partial charge in [0.2, 0.25) is 0 Å². The number of aromatic amines is 1. The Bertz CT molecular complexity index is 1600. The van der Waals surface area contributed by atoms with E-state index in [-0.39, 0.29) is 11.9 Å². The Morgan fingerprint density at radius 3 is 2.50 bits per heavy atom. The molecule has 6 nitrogen and oxygen atoms in total. The minimum Gasteiger partial charge on any atom is -0.497 e. The Kier molecular flexibility index (Phi) is 5.29. The highest BCUT2D eigenvalue weighted by atomic mass is 16.5. The molecule has 0 saturated carbocycles. The molecule has 0 saturated heterocycles. The zero-order valence-corrected chi connectivity index (χ0v) is 20.4. The number of aromatic nitrogens is 1. The van der Waals surface area contributed by atoms with Gasteiger partial charge < -0.3 is 23.8 Å². The Hall–Kier alpha value is -4.45. The quantitative estimate of drug-likeness (QED) is 0.303. The average molecular weight is 479 g/mol. The largest absolute Gasteiger partial charge is 0.497 e. The first kappa shape index (κ1) is 22.0. The summed E-state index contributed by atoms with van der Waals surface area (Å²) in [7, 11) is 3.31. The molecule has 1 amide bonds. The van der Waals surface area contributed by atoms with E-state index in [1.807, 2.05) is 78.6 Å². The summed E-state index contributed by atoms with van der Waals surface area (Å²) in [6, 6.07) is 25.3. The Morgan fingerprint density at radius 2 is 1.72 bits per heavy atom. The van der Waals surface area contributed by atoms with E-state index in [0.29, 0.717) is 12.1 Å². The zero-order valence-electron chi connectivity index (χ0n) is 20.4. The first-order chi connectivity index (χ1) is 17.6. The number of methoxy groups -OCH3 is 2. The second kappa shape index (κ2) is 8.64. The fourth-order valence-corrected chi connectivity index (χ4v) is 5.25. The lowest BCUT2D eigenvalue weighted by molar-refractivity contribution is 0.0723. The normalized spacial score (nSPS) is 14.9. The van der Waals surface area contributed by atoms with Crippen molar-refractivity contribution in [2.75, 3.05) is 14.2 Å². The van der Waals surface area contributed by atoms with Crippen molar-refractivity contribution in [2.45, 2.75) is 19.5 Å². The molecule has 0 aliphatic carbocycles. The van der Waals surface area contributed by atoms with Crippen LogP contribution in [0.5, 0.6) is 11.5 Å². The standard InChI is InChI=1S/C30H26N2O4/c1-18-12-13-20(36-18)17-32-29(21-8-4-5-9-22(21)30(32)33)27-23-10-6-7-11-25(23)31-28(27)24-16-19(34-2)14-15-26(24)35-3/h4-16,29,31H,17H2,1-3H3. The number of hydrogen-bond donors (Lipinski definition) is 1. The Labute approximate surface area is 209 Å². The summed E-state index contributed by atoms with van der Waals surface area (Å²) < 4.78 is 17.2. The van der Waals surface area contributed by atoms with Gasteiger partial charge in [-0.3, -0.25) is 4.79 Å². The minimum atomic E-state index is -0.318. The molecule has 3 heterocycles. The van der Waals surface area contributed by atoms with Crippen molar-refractivity contribution in [3.05, 3.63) is 107 Å². The maximum absolute atomic E-state index is 13.8. The summed E-state index contributed by atoms with van der Waals surface area (Å²) >= 11 is 0. The molecule has 0 fully saturated rings. The van der Waals surface area contributed by atoms with Gasteiger partial charge in [0.15, 0.2) is 0 Å². The van der Waals surface area contributed by atoms with E-state index < -0.39 is 0 Å². The van der Waals surface area contributed by atoms with Crippen LogP contribution in [0.3, 0.4) is 0 Å². The minimum absolute atomic E-state index is 0.0153. The monoisotopic (exact) mass is 478 g/mol. The van der Waals surface area contributed by atoms with Gasteiger partial charge in [0, 0.05) is 27.6 Å². The second-order valence-electron chi connectivity index (χ2n) is 8.96. The fourth-order valence-electron chi connectivity index (χ4n) is 5.25. The lowest BCUT2D eigenvalue weighted by Gasteiger charge is -2.26. The Morgan fingerprint density at radius 1 is 0.917 bits per heavy atom. The zero-order chi connectivity index (χ0) is 24.8. The van der Waals surface area contributed by atoms with Gasteiger partial charge in [0.05, 0.1) is 32.5 Å². The number of furan rings is 1. The number of rotatable bonds is 6. The van der Waals surface area contributed by atoms with E-state index in [9.17, 15) is 4.79 Å². The number of nitrogens with one attached hydrogen (secondary N) is 1. The predicted molar refractivity (Wildman–Crippen MR) is 138 cm³/mol. The van der Waals surface area contributed by atoms with Crippen LogP contribution >= 0.6 is 0 Å². The first-order valence-corrected chi connectivity index (χ1v) is 11.9. The number of H-pyrrole nitrogens is 1. The molecule has 2 aromatic heterocycles. The molecule has 1 N–H and O–H groups in total. The lowest BCUT2D eigenvalue weighted by atomic mass is 9.92. The number of amides is 1. The molecular weight excluding hydrogens is 452 g/mol. The van der Waals surface area contributed by atoms with E-state index in [1.165, 1.54) is 0 Å². The number of aryl methyl sites for hydroxylation is 1. The van der Waals surface area contributed by atoms with Gasteiger partial charge in [-0.15, -0.1) is 0 Å². The molecule has 0 spiro atoms. The molecule has 0 radical (unpaired) electrons. The summed E-state index contributed by atoms with van der Waals surface area (Å²) in [5, 5.41) is 1.05. The van der Waals surface area contributed by atoms with Crippen LogP contribution in [0.2, 0.25) is 0 Å². The van der Waals surface area contributed by atoms with E-state index in [0.717, 1.165) is 56.3 Å². The molecule has 1 aliphatic heterocycles. The highest BCUT2D eigenvalue weighted by molar-refractivity contribution is 6.02. The van der Waals surface area contributed by atoms with Crippen molar-refractivity contribution in [3.63, 3.8) is 0 Å². The van der Waals surface area contributed by atoms with Gasteiger partial charge in [-0.25, -0.2) is 0 Å². The molecular formula is C30H26N2O4.